The number of benzene rings is 1. The first kappa shape index (κ1) is 9.99. The Morgan fingerprint density at radius 1 is 1.50 bits per heavy atom. The average Bonchev–Trinajstić information content (AvgIpc) is 2.64. The molecule has 1 saturated heterocycles. The van der Waals surface area contributed by atoms with E-state index in [9.17, 15) is 0 Å². The van der Waals surface area contributed by atoms with Crippen molar-refractivity contribution in [1.82, 2.24) is 5.32 Å². The van der Waals surface area contributed by atoms with Crippen LogP contribution in [0, 0.1) is 0 Å². The molecular weight excluding hydrogens is 240 g/mol. The molecule has 0 aliphatic carbocycles. The first-order chi connectivity index (χ1) is 6.75. The van der Waals surface area contributed by atoms with Crippen LogP contribution in [0.15, 0.2) is 22.7 Å². The van der Waals surface area contributed by atoms with Crippen LogP contribution in [-0.2, 0) is 6.42 Å². The van der Waals surface area contributed by atoms with E-state index >= 15 is 0 Å². The van der Waals surface area contributed by atoms with Gasteiger partial charge in [-0.25, -0.2) is 0 Å². The van der Waals surface area contributed by atoms with Crippen LogP contribution in [0.2, 0.25) is 0 Å². The SMILES string of the molecule is Nc1ccc(Br)cc1CC1CCCN1. The predicted octanol–water partition coefficient (Wildman–Crippen LogP) is 2.33. The topological polar surface area (TPSA) is 38.0 Å². The van der Waals surface area contributed by atoms with E-state index in [4.69, 9.17) is 5.73 Å². The van der Waals surface area contributed by atoms with Gasteiger partial charge in [0.05, 0.1) is 0 Å². The van der Waals surface area contributed by atoms with Gasteiger partial charge in [-0.3, -0.25) is 0 Å². The maximum absolute atomic E-state index is 5.92. The summed E-state index contributed by atoms with van der Waals surface area (Å²) in [7, 11) is 0. The fourth-order valence-corrected chi connectivity index (χ4v) is 2.36. The Morgan fingerprint density at radius 2 is 2.36 bits per heavy atom. The van der Waals surface area contributed by atoms with Crippen LogP contribution < -0.4 is 11.1 Å². The number of nitrogens with one attached hydrogen (secondary N) is 1. The standard InChI is InChI=1S/C11H15BrN2/c12-9-3-4-11(13)8(6-9)7-10-2-1-5-14-10/h3-4,6,10,14H,1-2,5,7,13H2. The van der Waals surface area contributed by atoms with E-state index in [2.05, 4.69) is 27.3 Å². The van der Waals surface area contributed by atoms with Crippen molar-refractivity contribution in [3.05, 3.63) is 28.2 Å². The monoisotopic (exact) mass is 254 g/mol. The fraction of sp³-hybridized carbons (Fsp3) is 0.455. The maximum atomic E-state index is 5.92. The first-order valence-corrected chi connectivity index (χ1v) is 5.82. The number of halogens is 1. The highest BCUT2D eigenvalue weighted by Gasteiger charge is 2.15. The van der Waals surface area contributed by atoms with Gasteiger partial charge in [0.15, 0.2) is 0 Å². The molecule has 1 fully saturated rings. The van der Waals surface area contributed by atoms with E-state index in [1.165, 1.54) is 18.4 Å². The van der Waals surface area contributed by atoms with Crippen LogP contribution in [0.5, 0.6) is 0 Å². The summed E-state index contributed by atoms with van der Waals surface area (Å²) in [6.45, 7) is 1.15. The van der Waals surface area contributed by atoms with Crippen LogP contribution in [0.3, 0.4) is 0 Å². The molecule has 0 amide bonds. The summed E-state index contributed by atoms with van der Waals surface area (Å²) in [6.07, 6.45) is 3.61. The van der Waals surface area contributed by atoms with Crippen molar-refractivity contribution in [2.24, 2.45) is 0 Å². The minimum Gasteiger partial charge on any atom is -0.399 e. The quantitative estimate of drug-likeness (QED) is 0.796. The van der Waals surface area contributed by atoms with E-state index in [0.717, 1.165) is 23.1 Å². The van der Waals surface area contributed by atoms with Crippen LogP contribution >= 0.6 is 15.9 Å². The van der Waals surface area contributed by atoms with Crippen LogP contribution in [0.4, 0.5) is 5.69 Å². The molecule has 0 aromatic heterocycles. The van der Waals surface area contributed by atoms with Crippen LogP contribution in [0.25, 0.3) is 0 Å². The second-order valence-electron chi connectivity index (χ2n) is 3.84. The van der Waals surface area contributed by atoms with Crippen molar-refractivity contribution in [2.45, 2.75) is 25.3 Å². The van der Waals surface area contributed by atoms with Gasteiger partial charge < -0.3 is 11.1 Å². The highest BCUT2D eigenvalue weighted by molar-refractivity contribution is 9.10. The Morgan fingerprint density at radius 3 is 3.07 bits per heavy atom. The molecule has 2 rings (SSSR count). The van der Waals surface area contributed by atoms with Crippen molar-refractivity contribution in [3.63, 3.8) is 0 Å². The number of nitrogen functional groups attached to an aromatic ring is 1. The van der Waals surface area contributed by atoms with Crippen molar-refractivity contribution in [3.8, 4) is 0 Å². The smallest absolute Gasteiger partial charge is 0.0347 e. The summed E-state index contributed by atoms with van der Waals surface area (Å²) in [5, 5.41) is 3.48. The molecule has 0 spiro atoms. The molecule has 3 heteroatoms. The summed E-state index contributed by atoms with van der Waals surface area (Å²) in [4.78, 5) is 0. The molecule has 2 nitrogen and oxygen atoms in total. The van der Waals surface area contributed by atoms with Crippen molar-refractivity contribution in [1.29, 1.82) is 0 Å². The summed E-state index contributed by atoms with van der Waals surface area (Å²) >= 11 is 3.47. The lowest BCUT2D eigenvalue weighted by Crippen LogP contribution is -2.24. The van der Waals surface area contributed by atoms with Gasteiger partial charge in [0, 0.05) is 16.2 Å². The van der Waals surface area contributed by atoms with Crippen molar-refractivity contribution >= 4 is 21.6 Å². The maximum Gasteiger partial charge on any atom is 0.0347 e. The Labute approximate surface area is 93.0 Å². The molecule has 14 heavy (non-hydrogen) atoms. The van der Waals surface area contributed by atoms with Gasteiger partial charge in [0.25, 0.3) is 0 Å². The van der Waals surface area contributed by atoms with Crippen molar-refractivity contribution < 1.29 is 0 Å². The Kier molecular flexibility index (Phi) is 3.08. The number of hydrogen-bond acceptors (Lipinski definition) is 2. The Balaban J connectivity index is 2.10. The van der Waals surface area contributed by atoms with Gasteiger partial charge >= 0.3 is 0 Å². The van der Waals surface area contributed by atoms with Gasteiger partial charge in [0.1, 0.15) is 0 Å². The largest absolute Gasteiger partial charge is 0.399 e. The second kappa shape index (κ2) is 4.32. The van der Waals surface area contributed by atoms with Crippen molar-refractivity contribution in [2.75, 3.05) is 12.3 Å². The zero-order valence-electron chi connectivity index (χ0n) is 8.09. The summed E-state index contributed by atoms with van der Waals surface area (Å²) in [5.74, 6) is 0. The minimum atomic E-state index is 0.617. The van der Waals surface area contributed by atoms with Gasteiger partial charge in [-0.1, -0.05) is 15.9 Å². The number of rotatable bonds is 2. The van der Waals surface area contributed by atoms with Gasteiger partial charge in [0.2, 0.25) is 0 Å². The predicted molar refractivity (Wildman–Crippen MR) is 63.3 cm³/mol. The Hall–Kier alpha value is -0.540. The molecule has 1 aromatic rings. The summed E-state index contributed by atoms with van der Waals surface area (Å²) < 4.78 is 1.11. The molecular formula is C11H15BrN2. The second-order valence-corrected chi connectivity index (χ2v) is 4.76. The van der Waals surface area contributed by atoms with Gasteiger partial charge in [-0.2, -0.15) is 0 Å². The van der Waals surface area contributed by atoms with E-state index in [-0.39, 0.29) is 0 Å². The fourth-order valence-electron chi connectivity index (χ4n) is 1.95. The first-order valence-electron chi connectivity index (χ1n) is 5.03. The normalized spacial score (nSPS) is 21.4. The minimum absolute atomic E-state index is 0.617. The number of nitrogens with two attached hydrogens (primary N) is 1. The summed E-state index contributed by atoms with van der Waals surface area (Å²) in [6, 6.07) is 6.69. The molecule has 76 valence electrons. The third-order valence-corrected chi connectivity index (χ3v) is 3.23. The van der Waals surface area contributed by atoms with E-state index in [1.54, 1.807) is 0 Å². The third-order valence-electron chi connectivity index (χ3n) is 2.73. The van der Waals surface area contributed by atoms with Gasteiger partial charge in [-0.15, -0.1) is 0 Å². The third kappa shape index (κ3) is 2.28. The lowest BCUT2D eigenvalue weighted by Gasteiger charge is -2.12. The molecule has 1 aromatic carbocycles. The molecule has 0 bridgehead atoms. The Bertz CT molecular complexity index is 319. The van der Waals surface area contributed by atoms with E-state index < -0.39 is 0 Å². The molecule has 1 heterocycles. The number of anilines is 1. The highest BCUT2D eigenvalue weighted by Crippen LogP contribution is 2.21. The average molecular weight is 255 g/mol. The summed E-state index contributed by atoms with van der Waals surface area (Å²) in [5.41, 5.74) is 8.07. The molecule has 1 atom stereocenters. The zero-order valence-corrected chi connectivity index (χ0v) is 9.68. The van der Waals surface area contributed by atoms with E-state index in [1.807, 2.05) is 12.1 Å². The van der Waals surface area contributed by atoms with E-state index in [0.29, 0.717) is 6.04 Å². The van der Waals surface area contributed by atoms with Crippen LogP contribution in [-0.4, -0.2) is 12.6 Å². The molecule has 0 saturated carbocycles. The number of hydrogen-bond donors (Lipinski definition) is 2. The van der Waals surface area contributed by atoms with Gasteiger partial charge in [-0.05, 0) is 49.6 Å². The lowest BCUT2D eigenvalue weighted by atomic mass is 10.0. The molecule has 3 N–H and O–H groups in total. The lowest BCUT2D eigenvalue weighted by molar-refractivity contribution is 0.604. The molecule has 1 aliphatic rings. The van der Waals surface area contributed by atoms with Crippen LogP contribution in [0.1, 0.15) is 18.4 Å². The molecule has 1 aliphatic heterocycles. The molecule has 0 radical (unpaired) electrons. The highest BCUT2D eigenvalue weighted by atomic mass is 79.9. The zero-order chi connectivity index (χ0) is 9.97. The molecule has 1 unspecified atom stereocenters.